The number of hydrogen-bond acceptors (Lipinski definition) is 4. The minimum absolute atomic E-state index is 0.276. The summed E-state index contributed by atoms with van der Waals surface area (Å²) in [5, 5.41) is 5.67. The molecule has 6 heteroatoms. The van der Waals surface area contributed by atoms with E-state index >= 15 is 0 Å². The molecule has 2 rings (SSSR count). The summed E-state index contributed by atoms with van der Waals surface area (Å²) in [5.41, 5.74) is 1.26. The molecule has 94 valence electrons. The molecule has 0 unspecified atom stereocenters. The highest BCUT2D eigenvalue weighted by Crippen LogP contribution is 2.08. The lowest BCUT2D eigenvalue weighted by Gasteiger charge is -2.03. The highest BCUT2D eigenvalue weighted by molar-refractivity contribution is 7.09. The fourth-order valence-corrected chi connectivity index (χ4v) is 2.22. The molecule has 4 nitrogen and oxygen atoms in total. The minimum atomic E-state index is -0.654. The summed E-state index contributed by atoms with van der Waals surface area (Å²) in [6.45, 7) is 2.41. The zero-order chi connectivity index (χ0) is 13.0. The number of halogens is 1. The van der Waals surface area contributed by atoms with E-state index in [-0.39, 0.29) is 11.5 Å². The lowest BCUT2D eigenvalue weighted by molar-refractivity contribution is 0.0953. The van der Waals surface area contributed by atoms with Crippen LogP contribution in [0.3, 0.4) is 0 Å². The molecule has 0 saturated carbocycles. The number of carbonyl (C=O) groups excluding carboxylic acids is 1. The number of hydrogen-bond donors (Lipinski definition) is 1. The standard InChI is InChI=1S/C12H12FN3OS/c1-8-7-18-11(16-8)3-5-15-12(17)9-2-4-14-10(13)6-9/h2,4,6-7H,3,5H2,1H3,(H,15,17). The molecule has 1 amide bonds. The normalized spacial score (nSPS) is 10.3. The van der Waals surface area contributed by atoms with Crippen molar-refractivity contribution >= 4 is 17.2 Å². The first-order valence-corrected chi connectivity index (χ1v) is 6.34. The van der Waals surface area contributed by atoms with Crippen LogP contribution in [0.15, 0.2) is 23.7 Å². The van der Waals surface area contributed by atoms with Gasteiger partial charge in [-0.15, -0.1) is 11.3 Å². The van der Waals surface area contributed by atoms with Crippen LogP contribution in [0, 0.1) is 12.9 Å². The summed E-state index contributed by atoms with van der Waals surface area (Å²) in [4.78, 5) is 19.4. The van der Waals surface area contributed by atoms with E-state index in [0.717, 1.165) is 16.8 Å². The van der Waals surface area contributed by atoms with E-state index in [9.17, 15) is 9.18 Å². The number of carbonyl (C=O) groups is 1. The second-order valence-electron chi connectivity index (χ2n) is 3.76. The zero-order valence-corrected chi connectivity index (χ0v) is 10.6. The largest absolute Gasteiger partial charge is 0.352 e. The maximum absolute atomic E-state index is 12.8. The van der Waals surface area contributed by atoms with Gasteiger partial charge in [-0.1, -0.05) is 0 Å². The molecule has 0 bridgehead atoms. The Morgan fingerprint density at radius 3 is 3.06 bits per heavy atom. The molecule has 0 saturated heterocycles. The van der Waals surface area contributed by atoms with Crippen LogP contribution in [0.4, 0.5) is 4.39 Å². The van der Waals surface area contributed by atoms with Gasteiger partial charge in [0.15, 0.2) is 0 Å². The number of pyridine rings is 1. The van der Waals surface area contributed by atoms with E-state index < -0.39 is 5.95 Å². The van der Waals surface area contributed by atoms with Crippen LogP contribution in [-0.2, 0) is 6.42 Å². The van der Waals surface area contributed by atoms with Gasteiger partial charge in [0.05, 0.1) is 5.01 Å². The lowest BCUT2D eigenvalue weighted by Crippen LogP contribution is -2.25. The molecule has 0 aliphatic rings. The fraction of sp³-hybridized carbons (Fsp3) is 0.250. The van der Waals surface area contributed by atoms with Crippen molar-refractivity contribution in [3.8, 4) is 0 Å². The van der Waals surface area contributed by atoms with Crippen molar-refractivity contribution in [1.82, 2.24) is 15.3 Å². The molecule has 2 heterocycles. The van der Waals surface area contributed by atoms with Crippen molar-refractivity contribution in [3.05, 3.63) is 45.9 Å². The Morgan fingerprint density at radius 1 is 1.56 bits per heavy atom. The van der Waals surface area contributed by atoms with Gasteiger partial charge in [-0.2, -0.15) is 4.39 Å². The lowest BCUT2D eigenvalue weighted by atomic mass is 10.2. The van der Waals surface area contributed by atoms with E-state index in [1.54, 1.807) is 11.3 Å². The van der Waals surface area contributed by atoms with Gasteiger partial charge in [0.25, 0.3) is 5.91 Å². The molecular formula is C12H12FN3OS. The summed E-state index contributed by atoms with van der Waals surface area (Å²) >= 11 is 1.57. The third-order valence-corrected chi connectivity index (χ3v) is 3.31. The fourth-order valence-electron chi connectivity index (χ4n) is 1.45. The maximum atomic E-state index is 12.8. The van der Waals surface area contributed by atoms with E-state index in [1.807, 2.05) is 12.3 Å². The number of rotatable bonds is 4. The van der Waals surface area contributed by atoms with E-state index in [0.29, 0.717) is 13.0 Å². The first-order chi connectivity index (χ1) is 8.65. The molecule has 0 aliphatic carbocycles. The molecular weight excluding hydrogens is 253 g/mol. The predicted octanol–water partition coefficient (Wildman–Crippen LogP) is 1.96. The summed E-state index contributed by atoms with van der Waals surface area (Å²) < 4.78 is 12.8. The third kappa shape index (κ3) is 3.33. The minimum Gasteiger partial charge on any atom is -0.352 e. The number of nitrogens with zero attached hydrogens (tertiary/aromatic N) is 2. The monoisotopic (exact) mass is 265 g/mol. The quantitative estimate of drug-likeness (QED) is 0.860. The molecule has 2 aromatic heterocycles. The number of thiazole rings is 1. The Labute approximate surface area is 108 Å². The van der Waals surface area contributed by atoms with E-state index in [4.69, 9.17) is 0 Å². The molecule has 0 atom stereocenters. The van der Waals surface area contributed by atoms with Crippen LogP contribution in [0.5, 0.6) is 0 Å². The van der Waals surface area contributed by atoms with Crippen molar-refractivity contribution in [3.63, 3.8) is 0 Å². The second-order valence-corrected chi connectivity index (χ2v) is 4.70. The molecule has 0 spiro atoms. The van der Waals surface area contributed by atoms with Crippen molar-refractivity contribution in [1.29, 1.82) is 0 Å². The van der Waals surface area contributed by atoms with Crippen molar-refractivity contribution in [2.24, 2.45) is 0 Å². The third-order valence-electron chi connectivity index (χ3n) is 2.28. The van der Waals surface area contributed by atoms with Crippen molar-refractivity contribution < 1.29 is 9.18 Å². The molecule has 0 radical (unpaired) electrons. The van der Waals surface area contributed by atoms with Gasteiger partial charge in [0.1, 0.15) is 0 Å². The number of nitrogens with one attached hydrogen (secondary N) is 1. The Kier molecular flexibility index (Phi) is 3.99. The van der Waals surface area contributed by atoms with Crippen LogP contribution in [0.1, 0.15) is 21.1 Å². The number of aromatic nitrogens is 2. The van der Waals surface area contributed by atoms with Gasteiger partial charge in [-0.25, -0.2) is 9.97 Å². The van der Waals surface area contributed by atoms with Gasteiger partial charge >= 0.3 is 0 Å². The molecule has 0 aromatic carbocycles. The number of aryl methyl sites for hydroxylation is 1. The summed E-state index contributed by atoms with van der Waals surface area (Å²) in [6, 6.07) is 2.59. The highest BCUT2D eigenvalue weighted by Gasteiger charge is 2.06. The van der Waals surface area contributed by atoms with Gasteiger partial charge in [-0.3, -0.25) is 4.79 Å². The average molecular weight is 265 g/mol. The van der Waals surface area contributed by atoms with Crippen LogP contribution >= 0.6 is 11.3 Å². The molecule has 0 aliphatic heterocycles. The van der Waals surface area contributed by atoms with Crippen LogP contribution < -0.4 is 5.32 Å². The SMILES string of the molecule is Cc1csc(CCNC(=O)c2ccnc(F)c2)n1. The molecule has 18 heavy (non-hydrogen) atoms. The van der Waals surface area contributed by atoms with Crippen LogP contribution in [0.25, 0.3) is 0 Å². The van der Waals surface area contributed by atoms with Gasteiger partial charge < -0.3 is 5.32 Å². The van der Waals surface area contributed by atoms with Crippen molar-refractivity contribution in [2.75, 3.05) is 6.54 Å². The smallest absolute Gasteiger partial charge is 0.251 e. The highest BCUT2D eigenvalue weighted by atomic mass is 32.1. The number of amides is 1. The predicted molar refractivity (Wildman–Crippen MR) is 67.1 cm³/mol. The van der Waals surface area contributed by atoms with Gasteiger partial charge in [0.2, 0.25) is 5.95 Å². The van der Waals surface area contributed by atoms with Crippen LogP contribution in [0.2, 0.25) is 0 Å². The van der Waals surface area contributed by atoms with Gasteiger partial charge in [-0.05, 0) is 13.0 Å². The Balaban J connectivity index is 1.85. The van der Waals surface area contributed by atoms with E-state index in [1.165, 1.54) is 12.3 Å². The molecule has 2 aromatic rings. The Bertz CT molecular complexity index is 556. The van der Waals surface area contributed by atoms with E-state index in [2.05, 4.69) is 15.3 Å². The van der Waals surface area contributed by atoms with Crippen molar-refractivity contribution in [2.45, 2.75) is 13.3 Å². The average Bonchev–Trinajstić information content (AvgIpc) is 2.75. The summed E-state index contributed by atoms with van der Waals surface area (Å²) in [7, 11) is 0. The summed E-state index contributed by atoms with van der Waals surface area (Å²) in [6.07, 6.45) is 1.95. The zero-order valence-electron chi connectivity index (χ0n) is 9.81. The first kappa shape index (κ1) is 12.6. The Hall–Kier alpha value is -1.82. The first-order valence-electron chi connectivity index (χ1n) is 5.46. The maximum Gasteiger partial charge on any atom is 0.251 e. The Morgan fingerprint density at radius 2 is 2.39 bits per heavy atom. The molecule has 1 N–H and O–H groups in total. The summed E-state index contributed by atoms with van der Waals surface area (Å²) in [5.74, 6) is -0.956. The second kappa shape index (κ2) is 5.68. The molecule has 0 fully saturated rings. The van der Waals surface area contributed by atoms with Crippen LogP contribution in [-0.4, -0.2) is 22.4 Å². The topological polar surface area (TPSA) is 54.9 Å². The van der Waals surface area contributed by atoms with Gasteiger partial charge in [0, 0.05) is 41.9 Å².